The molecule has 0 radical (unpaired) electrons. The number of amides is 1. The van der Waals surface area contributed by atoms with E-state index in [-0.39, 0.29) is 12.0 Å². The number of methoxy groups -OCH3 is 2. The predicted octanol–water partition coefficient (Wildman–Crippen LogP) is 5.94. The maximum absolute atomic E-state index is 13.5. The smallest absolute Gasteiger partial charge is 0.258 e. The number of nitrogens with zero attached hydrogens (tertiary/aromatic N) is 2. The molecule has 1 aliphatic rings. The van der Waals surface area contributed by atoms with Crippen molar-refractivity contribution in [3.05, 3.63) is 53.8 Å². The van der Waals surface area contributed by atoms with Crippen molar-refractivity contribution in [2.45, 2.75) is 51.6 Å². The van der Waals surface area contributed by atoms with Gasteiger partial charge in [-0.25, -0.2) is 0 Å². The molecule has 1 saturated heterocycles. The third kappa shape index (κ3) is 6.39. The maximum Gasteiger partial charge on any atom is 0.258 e. The fourth-order valence-electron chi connectivity index (χ4n) is 4.97. The minimum Gasteiger partial charge on any atom is -0.493 e. The summed E-state index contributed by atoms with van der Waals surface area (Å²) < 4.78 is 23.0. The highest BCUT2D eigenvalue weighted by Crippen LogP contribution is 2.32. The quantitative estimate of drug-likeness (QED) is 0.282. The molecule has 0 spiro atoms. The van der Waals surface area contributed by atoms with E-state index < -0.39 is 0 Å². The second-order valence-corrected chi connectivity index (χ2v) is 9.68. The lowest BCUT2D eigenvalue weighted by molar-refractivity contribution is 0.00836. The molecule has 3 aromatic rings. The second-order valence-electron chi connectivity index (χ2n) is 9.68. The molecule has 1 aliphatic heterocycles. The number of carbonyl (C=O) groups is 1. The molecule has 2 heterocycles. The van der Waals surface area contributed by atoms with Gasteiger partial charge in [0.1, 0.15) is 11.3 Å². The number of furan rings is 1. The molecule has 1 aromatic heterocycles. The van der Waals surface area contributed by atoms with Crippen molar-refractivity contribution in [2.75, 3.05) is 52.4 Å². The fraction of sp³-hybridized carbons (Fsp3) is 0.500. The lowest BCUT2D eigenvalue weighted by Crippen LogP contribution is -2.41. The van der Waals surface area contributed by atoms with Crippen LogP contribution in [-0.2, 0) is 11.2 Å². The number of hydrogen-bond donors (Lipinski definition) is 0. The van der Waals surface area contributed by atoms with Crippen molar-refractivity contribution in [3.63, 3.8) is 0 Å². The van der Waals surface area contributed by atoms with Gasteiger partial charge < -0.3 is 28.4 Å². The van der Waals surface area contributed by atoms with Gasteiger partial charge in [-0.2, -0.15) is 0 Å². The lowest BCUT2D eigenvalue weighted by Gasteiger charge is -2.32. The summed E-state index contributed by atoms with van der Waals surface area (Å²) in [5.74, 6) is 2.37. The van der Waals surface area contributed by atoms with Crippen molar-refractivity contribution in [2.24, 2.45) is 0 Å². The van der Waals surface area contributed by atoms with E-state index in [0.29, 0.717) is 19.7 Å². The first kappa shape index (κ1) is 26.9. The Bertz CT molecular complexity index is 1170. The molecule has 200 valence electrons. The number of rotatable bonds is 12. The average Bonchev–Trinajstić information content (AvgIpc) is 3.31. The zero-order valence-corrected chi connectivity index (χ0v) is 22.6. The zero-order valence-electron chi connectivity index (χ0n) is 22.6. The Morgan fingerprint density at radius 1 is 1.05 bits per heavy atom. The Hall–Kier alpha value is -3.19. The number of carbonyl (C=O) groups excluding carboxylic acids is 1. The first-order chi connectivity index (χ1) is 18.0. The SMILES string of the molecule is CCCCc1oc2ccccc2c1C(=O)N1CCC(OCCCN(C)c2ccc(OC)c(OC)c2)CC1. The minimum absolute atomic E-state index is 0.0889. The summed E-state index contributed by atoms with van der Waals surface area (Å²) in [6.07, 6.45) is 5.70. The molecular formula is C30H40N2O5. The van der Waals surface area contributed by atoms with E-state index >= 15 is 0 Å². The fourth-order valence-corrected chi connectivity index (χ4v) is 4.97. The van der Waals surface area contributed by atoms with Crippen molar-refractivity contribution in [3.8, 4) is 11.5 Å². The third-order valence-corrected chi connectivity index (χ3v) is 7.17. The van der Waals surface area contributed by atoms with E-state index in [0.717, 1.165) is 84.5 Å². The maximum atomic E-state index is 13.5. The first-order valence-electron chi connectivity index (χ1n) is 13.4. The van der Waals surface area contributed by atoms with E-state index in [1.165, 1.54) is 0 Å². The van der Waals surface area contributed by atoms with E-state index in [1.54, 1.807) is 14.2 Å². The van der Waals surface area contributed by atoms with Crippen LogP contribution in [0.15, 0.2) is 46.9 Å². The Balaban J connectivity index is 1.25. The number of likely N-dealkylation sites (tertiary alicyclic amines) is 1. The third-order valence-electron chi connectivity index (χ3n) is 7.17. The Kier molecular flexibility index (Phi) is 9.34. The number of unbranched alkanes of at least 4 members (excludes halogenated alkanes) is 1. The van der Waals surface area contributed by atoms with Crippen LogP contribution in [0.25, 0.3) is 11.0 Å². The van der Waals surface area contributed by atoms with Gasteiger partial charge in [-0.15, -0.1) is 0 Å². The molecule has 7 nitrogen and oxygen atoms in total. The van der Waals surface area contributed by atoms with Crippen LogP contribution in [0.4, 0.5) is 5.69 Å². The molecule has 0 unspecified atom stereocenters. The second kappa shape index (κ2) is 12.9. The van der Waals surface area contributed by atoms with Crippen LogP contribution in [-0.4, -0.2) is 64.4 Å². The molecule has 0 N–H and O–H groups in total. The number of aryl methyl sites for hydroxylation is 1. The Morgan fingerprint density at radius 2 is 1.81 bits per heavy atom. The molecule has 0 bridgehead atoms. The van der Waals surface area contributed by atoms with Gasteiger partial charge in [-0.05, 0) is 43.9 Å². The molecule has 2 aromatic carbocycles. The lowest BCUT2D eigenvalue weighted by atomic mass is 10.0. The number of ether oxygens (including phenoxy) is 3. The number of anilines is 1. The highest BCUT2D eigenvalue weighted by atomic mass is 16.5. The normalized spacial score (nSPS) is 14.2. The average molecular weight is 509 g/mol. The van der Waals surface area contributed by atoms with Gasteiger partial charge in [0.2, 0.25) is 0 Å². The zero-order chi connectivity index (χ0) is 26.2. The van der Waals surface area contributed by atoms with Crippen molar-refractivity contribution >= 4 is 22.6 Å². The molecule has 0 atom stereocenters. The molecule has 4 rings (SSSR count). The number of fused-ring (bicyclic) bond motifs is 1. The van der Waals surface area contributed by atoms with Crippen LogP contribution in [0.3, 0.4) is 0 Å². The van der Waals surface area contributed by atoms with Crippen molar-refractivity contribution in [1.82, 2.24) is 4.90 Å². The Labute approximate surface area is 220 Å². The van der Waals surface area contributed by atoms with Crippen molar-refractivity contribution in [1.29, 1.82) is 0 Å². The molecule has 0 saturated carbocycles. The van der Waals surface area contributed by atoms with Crippen LogP contribution in [0.2, 0.25) is 0 Å². The van der Waals surface area contributed by atoms with E-state index in [1.807, 2.05) is 47.4 Å². The number of benzene rings is 2. The molecule has 1 fully saturated rings. The molecular weight excluding hydrogens is 468 g/mol. The van der Waals surface area contributed by atoms with E-state index in [2.05, 4.69) is 18.9 Å². The van der Waals surface area contributed by atoms with Gasteiger partial charge in [0.25, 0.3) is 5.91 Å². The molecule has 7 heteroatoms. The monoisotopic (exact) mass is 508 g/mol. The largest absolute Gasteiger partial charge is 0.493 e. The van der Waals surface area contributed by atoms with Gasteiger partial charge in [0.15, 0.2) is 11.5 Å². The predicted molar refractivity (Wildman–Crippen MR) is 147 cm³/mol. The van der Waals surface area contributed by atoms with Gasteiger partial charge in [0.05, 0.1) is 25.9 Å². The van der Waals surface area contributed by atoms with Crippen LogP contribution < -0.4 is 14.4 Å². The number of hydrogen-bond acceptors (Lipinski definition) is 6. The summed E-state index contributed by atoms with van der Waals surface area (Å²) in [6.45, 7) is 5.15. The standard InChI is InChI=1S/C30H40N2O5/c1-5-6-11-27-29(24-10-7-8-12-25(24)37-27)30(33)32-18-15-23(16-19-32)36-20-9-17-31(2)22-13-14-26(34-3)28(21-22)35-4/h7-8,10,12-14,21,23H,5-6,9,11,15-20H2,1-4H3. The van der Waals surface area contributed by atoms with Crippen LogP contribution in [0, 0.1) is 0 Å². The Morgan fingerprint density at radius 3 is 2.54 bits per heavy atom. The van der Waals surface area contributed by atoms with Crippen molar-refractivity contribution < 1.29 is 23.4 Å². The summed E-state index contributed by atoms with van der Waals surface area (Å²) in [5, 5.41) is 0.926. The van der Waals surface area contributed by atoms with E-state index in [9.17, 15) is 4.79 Å². The molecule has 37 heavy (non-hydrogen) atoms. The summed E-state index contributed by atoms with van der Waals surface area (Å²) >= 11 is 0. The number of para-hydroxylation sites is 1. The highest BCUT2D eigenvalue weighted by molar-refractivity contribution is 6.07. The molecule has 0 aliphatic carbocycles. The summed E-state index contributed by atoms with van der Waals surface area (Å²) in [6, 6.07) is 13.8. The van der Waals surface area contributed by atoms with Gasteiger partial charge >= 0.3 is 0 Å². The van der Waals surface area contributed by atoms with Gasteiger partial charge in [0, 0.05) is 56.8 Å². The summed E-state index contributed by atoms with van der Waals surface area (Å²) in [5.41, 5.74) is 2.63. The van der Waals surface area contributed by atoms with E-state index in [4.69, 9.17) is 18.6 Å². The summed E-state index contributed by atoms with van der Waals surface area (Å²) in [7, 11) is 5.36. The topological polar surface area (TPSA) is 64.4 Å². The van der Waals surface area contributed by atoms with Crippen LogP contribution in [0.5, 0.6) is 11.5 Å². The number of piperidine rings is 1. The molecule has 1 amide bonds. The van der Waals surface area contributed by atoms with Gasteiger partial charge in [-0.3, -0.25) is 4.79 Å². The summed E-state index contributed by atoms with van der Waals surface area (Å²) in [4.78, 5) is 17.7. The van der Waals surface area contributed by atoms with Gasteiger partial charge in [-0.1, -0.05) is 31.5 Å². The van der Waals surface area contributed by atoms with Crippen LogP contribution in [0.1, 0.15) is 55.1 Å². The first-order valence-corrected chi connectivity index (χ1v) is 13.4. The van der Waals surface area contributed by atoms with Crippen LogP contribution >= 0.6 is 0 Å². The highest BCUT2D eigenvalue weighted by Gasteiger charge is 2.28. The minimum atomic E-state index is 0.0889.